The maximum Gasteiger partial charge on any atom is 0.264 e. The van der Waals surface area contributed by atoms with Gasteiger partial charge in [-0.3, -0.25) is 9.63 Å². The lowest BCUT2D eigenvalue weighted by molar-refractivity contribution is -0.0258. The number of carbonyl (C=O) groups is 1. The monoisotopic (exact) mass is 402 g/mol. The lowest BCUT2D eigenvalue weighted by Gasteiger charge is -2.30. The summed E-state index contributed by atoms with van der Waals surface area (Å²) >= 11 is 0. The van der Waals surface area contributed by atoms with Crippen LogP contribution in [0.15, 0.2) is 59.5 Å². The summed E-state index contributed by atoms with van der Waals surface area (Å²) in [6.45, 7) is 0.572. The molecule has 0 spiro atoms. The van der Waals surface area contributed by atoms with Crippen LogP contribution in [0.25, 0.3) is 0 Å². The highest BCUT2D eigenvalue weighted by atomic mass is 32.2. The molecular weight excluding hydrogens is 376 g/mol. The third-order valence-electron chi connectivity index (χ3n) is 5.54. The van der Waals surface area contributed by atoms with E-state index in [4.69, 9.17) is 4.84 Å². The van der Waals surface area contributed by atoms with Gasteiger partial charge in [-0.15, -0.1) is 0 Å². The molecule has 0 unspecified atom stereocenters. The first-order valence-electron chi connectivity index (χ1n) is 9.36. The van der Waals surface area contributed by atoms with E-state index >= 15 is 0 Å². The first-order chi connectivity index (χ1) is 13.4. The lowest BCUT2D eigenvalue weighted by Crippen LogP contribution is -2.39. The van der Waals surface area contributed by atoms with Crippen LogP contribution < -0.4 is 5.32 Å². The number of rotatable bonds is 7. The molecule has 28 heavy (non-hydrogen) atoms. The van der Waals surface area contributed by atoms with Crippen LogP contribution >= 0.6 is 0 Å². The van der Waals surface area contributed by atoms with Crippen molar-refractivity contribution in [3.63, 3.8) is 0 Å². The van der Waals surface area contributed by atoms with Gasteiger partial charge in [0, 0.05) is 24.6 Å². The second kappa shape index (κ2) is 8.43. The molecule has 0 atom stereocenters. The third-order valence-corrected chi connectivity index (χ3v) is 7.24. The van der Waals surface area contributed by atoms with E-state index in [0.717, 1.165) is 30.2 Å². The predicted molar refractivity (Wildman–Crippen MR) is 107 cm³/mol. The Morgan fingerprint density at radius 2 is 1.68 bits per heavy atom. The van der Waals surface area contributed by atoms with Crippen molar-refractivity contribution in [1.29, 1.82) is 0 Å². The smallest absolute Gasteiger partial charge is 0.264 e. The van der Waals surface area contributed by atoms with Crippen molar-refractivity contribution < 1.29 is 18.0 Å². The Kier molecular flexibility index (Phi) is 6.17. The van der Waals surface area contributed by atoms with Gasteiger partial charge in [-0.2, -0.15) is 0 Å². The van der Waals surface area contributed by atoms with Gasteiger partial charge in [-0.1, -0.05) is 47.6 Å². The molecule has 1 amide bonds. The molecule has 0 saturated heterocycles. The number of hydrogen-bond acceptors (Lipinski definition) is 4. The molecule has 1 N–H and O–H groups in total. The zero-order valence-electron chi connectivity index (χ0n) is 16.2. The van der Waals surface area contributed by atoms with Gasteiger partial charge in [-0.05, 0) is 42.7 Å². The molecule has 2 aromatic carbocycles. The van der Waals surface area contributed by atoms with E-state index in [-0.39, 0.29) is 16.2 Å². The highest BCUT2D eigenvalue weighted by Gasteiger charge is 2.35. The van der Waals surface area contributed by atoms with Gasteiger partial charge < -0.3 is 5.32 Å². The van der Waals surface area contributed by atoms with Gasteiger partial charge in [0.15, 0.2) is 0 Å². The predicted octanol–water partition coefficient (Wildman–Crippen LogP) is 3.11. The quantitative estimate of drug-likeness (QED) is 0.722. The van der Waals surface area contributed by atoms with Crippen LogP contribution in [0, 0.1) is 0 Å². The lowest BCUT2D eigenvalue weighted by atomic mass is 9.79. The number of nitrogens with one attached hydrogen (secondary N) is 1. The molecule has 3 rings (SSSR count). The van der Waals surface area contributed by atoms with Crippen LogP contribution in [0.1, 0.15) is 41.6 Å². The zero-order valence-corrected chi connectivity index (χ0v) is 17.0. The van der Waals surface area contributed by atoms with Crippen LogP contribution in [0.5, 0.6) is 0 Å². The minimum atomic E-state index is -3.72. The average molecular weight is 403 g/mol. The molecule has 0 bridgehead atoms. The van der Waals surface area contributed by atoms with Crippen LogP contribution in [-0.2, 0) is 20.3 Å². The molecule has 0 heterocycles. The van der Waals surface area contributed by atoms with Crippen molar-refractivity contribution in [1.82, 2.24) is 9.79 Å². The fraction of sp³-hybridized carbons (Fsp3) is 0.381. The number of hydroxylamine groups is 1. The highest BCUT2D eigenvalue weighted by Crippen LogP contribution is 2.40. The summed E-state index contributed by atoms with van der Waals surface area (Å²) in [6, 6.07) is 16.2. The highest BCUT2D eigenvalue weighted by molar-refractivity contribution is 7.89. The largest absolute Gasteiger partial charge is 0.351 e. The standard InChI is InChI=1S/C21H26N2O4S/c1-23(27-2)28(25,26)19-12-10-17(11-13-19)20(24)22-16-21(14-6-7-15-21)18-8-4-3-5-9-18/h3-5,8-13H,6-7,14-16H2,1-2H3,(H,22,24). The molecule has 1 fully saturated rings. The van der Waals surface area contributed by atoms with Crippen molar-refractivity contribution in [3.05, 3.63) is 65.7 Å². The Morgan fingerprint density at radius 3 is 2.25 bits per heavy atom. The Balaban J connectivity index is 1.71. The van der Waals surface area contributed by atoms with Gasteiger partial charge >= 0.3 is 0 Å². The summed E-state index contributed by atoms with van der Waals surface area (Å²) in [5.74, 6) is -0.203. The molecule has 1 aliphatic carbocycles. The number of hydrogen-bond donors (Lipinski definition) is 1. The fourth-order valence-electron chi connectivity index (χ4n) is 3.79. The Morgan fingerprint density at radius 1 is 1.07 bits per heavy atom. The molecular formula is C21H26N2O4S. The Labute approximate surface area is 166 Å². The number of carbonyl (C=O) groups excluding carboxylic acids is 1. The minimum Gasteiger partial charge on any atom is -0.351 e. The summed E-state index contributed by atoms with van der Waals surface area (Å²) in [4.78, 5) is 17.5. The van der Waals surface area contributed by atoms with Crippen LogP contribution in [0.3, 0.4) is 0 Å². The van der Waals surface area contributed by atoms with Crippen molar-refractivity contribution in [2.45, 2.75) is 36.0 Å². The first-order valence-corrected chi connectivity index (χ1v) is 10.8. The van der Waals surface area contributed by atoms with Gasteiger partial charge in [0.1, 0.15) is 0 Å². The van der Waals surface area contributed by atoms with E-state index in [0.29, 0.717) is 12.1 Å². The SMILES string of the molecule is CON(C)S(=O)(=O)c1ccc(C(=O)NCC2(c3ccccc3)CCCC2)cc1. The van der Waals surface area contributed by atoms with Gasteiger partial charge in [0.25, 0.3) is 15.9 Å². The Bertz CT molecular complexity index is 905. The summed E-state index contributed by atoms with van der Waals surface area (Å²) in [5.41, 5.74) is 1.67. The molecule has 2 aromatic rings. The minimum absolute atomic E-state index is 0.0264. The molecule has 1 aliphatic rings. The maximum atomic E-state index is 12.6. The summed E-state index contributed by atoms with van der Waals surface area (Å²) in [7, 11) is -1.12. The second-order valence-corrected chi connectivity index (χ2v) is 9.09. The third kappa shape index (κ3) is 4.11. The molecule has 7 heteroatoms. The van der Waals surface area contributed by atoms with E-state index in [1.165, 1.54) is 44.0 Å². The van der Waals surface area contributed by atoms with Gasteiger partial charge in [-0.25, -0.2) is 8.42 Å². The molecule has 150 valence electrons. The maximum absolute atomic E-state index is 12.6. The molecule has 0 radical (unpaired) electrons. The van der Waals surface area contributed by atoms with Crippen LogP contribution in [0.2, 0.25) is 0 Å². The number of benzene rings is 2. The average Bonchev–Trinajstić information content (AvgIpc) is 3.22. The summed E-state index contributed by atoms with van der Waals surface area (Å²) in [6.07, 6.45) is 4.42. The van der Waals surface area contributed by atoms with E-state index in [1.807, 2.05) is 18.2 Å². The van der Waals surface area contributed by atoms with Crippen molar-refractivity contribution >= 4 is 15.9 Å². The van der Waals surface area contributed by atoms with Gasteiger partial charge in [0.2, 0.25) is 0 Å². The van der Waals surface area contributed by atoms with Crippen LogP contribution in [-0.4, -0.2) is 39.5 Å². The van der Waals surface area contributed by atoms with Gasteiger partial charge in [0.05, 0.1) is 12.0 Å². The van der Waals surface area contributed by atoms with E-state index in [2.05, 4.69) is 17.4 Å². The fourth-order valence-corrected chi connectivity index (χ4v) is 4.76. The number of nitrogens with zero attached hydrogens (tertiary/aromatic N) is 1. The van der Waals surface area contributed by atoms with E-state index in [1.54, 1.807) is 0 Å². The topological polar surface area (TPSA) is 75.7 Å². The van der Waals surface area contributed by atoms with E-state index in [9.17, 15) is 13.2 Å². The normalized spacial score (nSPS) is 16.2. The van der Waals surface area contributed by atoms with Crippen molar-refractivity contribution in [2.24, 2.45) is 0 Å². The van der Waals surface area contributed by atoms with E-state index < -0.39 is 10.0 Å². The summed E-state index contributed by atoms with van der Waals surface area (Å²) < 4.78 is 25.3. The van der Waals surface area contributed by atoms with Crippen molar-refractivity contribution in [2.75, 3.05) is 20.7 Å². The Hall–Kier alpha value is -2.22. The van der Waals surface area contributed by atoms with Crippen molar-refractivity contribution in [3.8, 4) is 0 Å². The molecule has 0 aromatic heterocycles. The molecule has 6 nitrogen and oxygen atoms in total. The molecule has 1 saturated carbocycles. The first kappa shape index (κ1) is 20.5. The molecule has 0 aliphatic heterocycles. The van der Waals surface area contributed by atoms with Crippen LogP contribution in [0.4, 0.5) is 0 Å². The number of amides is 1. The zero-order chi connectivity index (χ0) is 20.2. The summed E-state index contributed by atoms with van der Waals surface area (Å²) in [5, 5.41) is 3.05. The number of sulfonamides is 1. The second-order valence-electron chi connectivity index (χ2n) is 7.16.